The number of rotatable bonds is 6. The number of nitrogens with one attached hydrogen (secondary N) is 1. The molecule has 1 aliphatic rings. The van der Waals surface area contributed by atoms with Gasteiger partial charge in [0.15, 0.2) is 0 Å². The van der Waals surface area contributed by atoms with Crippen molar-refractivity contribution in [3.8, 4) is 11.5 Å². The maximum Gasteiger partial charge on any atom is 0.248 e. The molecule has 0 fully saturated rings. The number of aryl methyl sites for hydroxylation is 1. The molecule has 0 radical (unpaired) electrons. The van der Waals surface area contributed by atoms with Crippen LogP contribution < -0.4 is 15.8 Å². The molecule has 0 heterocycles. The van der Waals surface area contributed by atoms with Crippen molar-refractivity contribution in [2.75, 3.05) is 0 Å². The minimum absolute atomic E-state index is 0.368. The quantitative estimate of drug-likeness (QED) is 0.656. The second kappa shape index (κ2) is 8.28. The predicted octanol–water partition coefficient (Wildman–Crippen LogP) is 4.75. The van der Waals surface area contributed by atoms with Gasteiger partial charge in [-0.2, -0.15) is 0 Å². The first-order chi connectivity index (χ1) is 13.7. The van der Waals surface area contributed by atoms with Gasteiger partial charge in [0, 0.05) is 18.2 Å². The second-order valence-corrected chi connectivity index (χ2v) is 7.16. The molecule has 4 heteroatoms. The van der Waals surface area contributed by atoms with Gasteiger partial charge in [-0.3, -0.25) is 4.79 Å². The minimum atomic E-state index is -0.436. The first-order valence-electron chi connectivity index (χ1n) is 9.67. The fraction of sp³-hybridized carbons (Fsp3) is 0.208. The van der Waals surface area contributed by atoms with E-state index in [0.29, 0.717) is 17.4 Å². The lowest BCUT2D eigenvalue weighted by atomic mass is 9.87. The molecule has 3 aromatic carbocycles. The lowest BCUT2D eigenvalue weighted by Gasteiger charge is -2.27. The Morgan fingerprint density at radius 2 is 1.75 bits per heavy atom. The highest BCUT2D eigenvalue weighted by molar-refractivity contribution is 5.92. The van der Waals surface area contributed by atoms with E-state index in [0.717, 1.165) is 31.6 Å². The summed E-state index contributed by atoms with van der Waals surface area (Å²) in [5.41, 5.74) is 9.75. The number of benzene rings is 3. The average molecular weight is 372 g/mol. The topological polar surface area (TPSA) is 64.4 Å². The van der Waals surface area contributed by atoms with Crippen molar-refractivity contribution >= 4 is 5.91 Å². The molecule has 4 rings (SSSR count). The zero-order valence-corrected chi connectivity index (χ0v) is 15.7. The number of ether oxygens (including phenoxy) is 1. The van der Waals surface area contributed by atoms with E-state index in [1.165, 1.54) is 16.7 Å². The van der Waals surface area contributed by atoms with Gasteiger partial charge in [-0.25, -0.2) is 0 Å². The first-order valence-corrected chi connectivity index (χ1v) is 9.67. The highest BCUT2D eigenvalue weighted by Gasteiger charge is 2.20. The predicted molar refractivity (Wildman–Crippen MR) is 110 cm³/mol. The molecule has 1 amide bonds. The van der Waals surface area contributed by atoms with Crippen molar-refractivity contribution < 1.29 is 9.53 Å². The molecular weight excluding hydrogens is 348 g/mol. The number of carbonyl (C=O) groups is 1. The SMILES string of the molecule is NC(=O)c1ccc(Oc2ccc3c(c2)CCCC3NCc2ccccc2)cc1. The molecule has 0 saturated carbocycles. The number of hydrogen-bond acceptors (Lipinski definition) is 3. The van der Waals surface area contributed by atoms with E-state index in [2.05, 4.69) is 41.7 Å². The summed E-state index contributed by atoms with van der Waals surface area (Å²) in [6, 6.07) is 24.1. The van der Waals surface area contributed by atoms with Crippen LogP contribution in [0.1, 0.15) is 45.9 Å². The van der Waals surface area contributed by atoms with Crippen LogP contribution >= 0.6 is 0 Å². The lowest BCUT2D eigenvalue weighted by molar-refractivity contribution is 0.100. The van der Waals surface area contributed by atoms with E-state index in [4.69, 9.17) is 10.5 Å². The number of nitrogens with two attached hydrogens (primary N) is 1. The number of hydrogen-bond donors (Lipinski definition) is 2. The Bertz CT molecular complexity index is 952. The number of amides is 1. The molecule has 3 N–H and O–H groups in total. The summed E-state index contributed by atoms with van der Waals surface area (Å²) in [6.07, 6.45) is 3.38. The number of primary amides is 1. The summed E-state index contributed by atoms with van der Waals surface area (Å²) < 4.78 is 5.97. The van der Waals surface area contributed by atoms with Gasteiger partial charge in [0.2, 0.25) is 5.91 Å². The normalized spacial score (nSPS) is 15.6. The van der Waals surface area contributed by atoms with Crippen LogP contribution in [0.3, 0.4) is 0 Å². The monoisotopic (exact) mass is 372 g/mol. The lowest BCUT2D eigenvalue weighted by Crippen LogP contribution is -2.24. The average Bonchev–Trinajstić information content (AvgIpc) is 2.73. The maximum absolute atomic E-state index is 11.2. The Morgan fingerprint density at radius 1 is 1.00 bits per heavy atom. The standard InChI is InChI=1S/C24H24N2O2/c25-24(27)18-9-11-20(12-10-18)28-21-13-14-22-19(15-21)7-4-8-23(22)26-16-17-5-2-1-3-6-17/h1-3,5-6,9-15,23,26H,4,7-8,16H2,(H2,25,27). The van der Waals surface area contributed by atoms with Crippen molar-refractivity contribution in [2.45, 2.75) is 31.8 Å². The van der Waals surface area contributed by atoms with Crippen LogP contribution in [0.25, 0.3) is 0 Å². The Hall–Kier alpha value is -3.11. The molecule has 0 bridgehead atoms. The van der Waals surface area contributed by atoms with Gasteiger partial charge in [-0.1, -0.05) is 36.4 Å². The fourth-order valence-corrected chi connectivity index (χ4v) is 3.73. The summed E-state index contributed by atoms with van der Waals surface area (Å²) in [5, 5.41) is 3.70. The summed E-state index contributed by atoms with van der Waals surface area (Å²) in [6.45, 7) is 0.870. The van der Waals surface area contributed by atoms with E-state index in [1.807, 2.05) is 12.1 Å². The van der Waals surface area contributed by atoms with E-state index in [1.54, 1.807) is 24.3 Å². The van der Waals surface area contributed by atoms with Crippen molar-refractivity contribution in [1.29, 1.82) is 0 Å². The van der Waals surface area contributed by atoms with E-state index >= 15 is 0 Å². The van der Waals surface area contributed by atoms with Gasteiger partial charge < -0.3 is 15.8 Å². The second-order valence-electron chi connectivity index (χ2n) is 7.16. The van der Waals surface area contributed by atoms with E-state index in [9.17, 15) is 4.79 Å². The van der Waals surface area contributed by atoms with Crippen LogP contribution in [-0.2, 0) is 13.0 Å². The first kappa shape index (κ1) is 18.3. The smallest absolute Gasteiger partial charge is 0.248 e. The zero-order valence-electron chi connectivity index (χ0n) is 15.7. The summed E-state index contributed by atoms with van der Waals surface area (Å²) >= 11 is 0. The fourth-order valence-electron chi connectivity index (χ4n) is 3.73. The third-order valence-electron chi connectivity index (χ3n) is 5.20. The summed E-state index contributed by atoms with van der Waals surface area (Å²) in [5.74, 6) is 1.07. The van der Waals surface area contributed by atoms with E-state index < -0.39 is 5.91 Å². The maximum atomic E-state index is 11.2. The zero-order chi connectivity index (χ0) is 19.3. The molecule has 0 aromatic heterocycles. The van der Waals surface area contributed by atoms with Gasteiger partial charge in [-0.05, 0) is 72.4 Å². The molecule has 1 atom stereocenters. The van der Waals surface area contributed by atoms with Crippen molar-refractivity contribution in [3.63, 3.8) is 0 Å². The van der Waals surface area contributed by atoms with Gasteiger partial charge in [0.25, 0.3) is 0 Å². The molecule has 1 aliphatic carbocycles. The molecule has 142 valence electrons. The summed E-state index contributed by atoms with van der Waals surface area (Å²) in [4.78, 5) is 11.2. The third kappa shape index (κ3) is 4.24. The largest absolute Gasteiger partial charge is 0.457 e. The van der Waals surface area contributed by atoms with Gasteiger partial charge in [-0.15, -0.1) is 0 Å². The molecule has 3 aromatic rings. The summed E-state index contributed by atoms with van der Waals surface area (Å²) in [7, 11) is 0. The van der Waals surface area contributed by atoms with Gasteiger partial charge in [0.1, 0.15) is 11.5 Å². The Balaban J connectivity index is 1.46. The van der Waals surface area contributed by atoms with Crippen molar-refractivity contribution in [3.05, 3.63) is 95.1 Å². The molecule has 28 heavy (non-hydrogen) atoms. The van der Waals surface area contributed by atoms with Gasteiger partial charge in [0.05, 0.1) is 0 Å². The Morgan fingerprint density at radius 3 is 2.50 bits per heavy atom. The van der Waals surface area contributed by atoms with Crippen LogP contribution in [0.15, 0.2) is 72.8 Å². The van der Waals surface area contributed by atoms with Crippen LogP contribution in [0.5, 0.6) is 11.5 Å². The van der Waals surface area contributed by atoms with Gasteiger partial charge >= 0.3 is 0 Å². The highest BCUT2D eigenvalue weighted by Crippen LogP contribution is 2.33. The number of carbonyl (C=O) groups excluding carboxylic acids is 1. The highest BCUT2D eigenvalue weighted by atomic mass is 16.5. The molecular formula is C24H24N2O2. The van der Waals surface area contributed by atoms with E-state index in [-0.39, 0.29) is 0 Å². The third-order valence-corrected chi connectivity index (χ3v) is 5.20. The molecule has 1 unspecified atom stereocenters. The Labute approximate surface area is 165 Å². The molecule has 0 aliphatic heterocycles. The Kier molecular flexibility index (Phi) is 5.40. The molecule has 4 nitrogen and oxygen atoms in total. The van der Waals surface area contributed by atoms with Crippen molar-refractivity contribution in [2.24, 2.45) is 5.73 Å². The van der Waals surface area contributed by atoms with Crippen molar-refractivity contribution in [1.82, 2.24) is 5.32 Å². The van der Waals surface area contributed by atoms with Crippen LogP contribution in [0, 0.1) is 0 Å². The van der Waals surface area contributed by atoms with Crippen LogP contribution in [-0.4, -0.2) is 5.91 Å². The minimum Gasteiger partial charge on any atom is -0.457 e. The van der Waals surface area contributed by atoms with Crippen LogP contribution in [0.4, 0.5) is 0 Å². The number of fused-ring (bicyclic) bond motifs is 1. The molecule has 0 spiro atoms. The van der Waals surface area contributed by atoms with Crippen LogP contribution in [0.2, 0.25) is 0 Å². The molecule has 0 saturated heterocycles.